The molecule has 21 heavy (non-hydrogen) atoms. The number of para-hydroxylation sites is 1. The fourth-order valence-corrected chi connectivity index (χ4v) is 2.47. The van der Waals surface area contributed by atoms with Crippen molar-refractivity contribution in [3.63, 3.8) is 0 Å². The molecule has 1 aliphatic rings. The second kappa shape index (κ2) is 5.25. The topological polar surface area (TPSA) is 63.6 Å². The number of hydrogen-bond donors (Lipinski definition) is 1. The van der Waals surface area contributed by atoms with Crippen LogP contribution in [-0.2, 0) is 4.79 Å². The highest BCUT2D eigenvalue weighted by molar-refractivity contribution is 6.40. The third-order valence-corrected chi connectivity index (χ3v) is 3.44. The van der Waals surface area contributed by atoms with Crippen molar-refractivity contribution in [2.45, 2.75) is 5.92 Å². The predicted octanol–water partition coefficient (Wildman–Crippen LogP) is 2.99. The van der Waals surface area contributed by atoms with Gasteiger partial charge in [0.25, 0.3) is 5.78 Å². The van der Waals surface area contributed by atoms with Gasteiger partial charge in [-0.2, -0.15) is 0 Å². The third kappa shape index (κ3) is 2.31. The van der Waals surface area contributed by atoms with Crippen molar-refractivity contribution < 1.29 is 19.4 Å². The van der Waals surface area contributed by atoms with Gasteiger partial charge in [0.2, 0.25) is 0 Å². The van der Waals surface area contributed by atoms with Crippen LogP contribution in [0.4, 0.5) is 0 Å². The lowest BCUT2D eigenvalue weighted by Gasteiger charge is -2.22. The molecule has 0 radical (unpaired) electrons. The molecular formula is C17H12O4. The summed E-state index contributed by atoms with van der Waals surface area (Å²) in [7, 11) is 0. The first-order valence-corrected chi connectivity index (χ1v) is 6.47. The smallest absolute Gasteiger partial charge is 0.377 e. The molecular weight excluding hydrogens is 268 g/mol. The van der Waals surface area contributed by atoms with Gasteiger partial charge in [0, 0.05) is 11.5 Å². The number of carbonyl (C=O) groups is 2. The zero-order chi connectivity index (χ0) is 14.8. The molecule has 0 aromatic heterocycles. The fraction of sp³-hybridized carbons (Fsp3) is 0.0588. The van der Waals surface area contributed by atoms with Crippen LogP contribution in [0.3, 0.4) is 0 Å². The number of ether oxygens (including phenoxy) is 1. The lowest BCUT2D eigenvalue weighted by molar-refractivity contribution is -0.131. The summed E-state index contributed by atoms with van der Waals surface area (Å²) in [5.74, 6) is -2.19. The first-order chi connectivity index (χ1) is 10.2. The Morgan fingerprint density at radius 1 is 1.00 bits per heavy atom. The minimum Gasteiger partial charge on any atom is -0.475 e. The Labute approximate surface area is 121 Å². The van der Waals surface area contributed by atoms with Crippen molar-refractivity contribution in [1.82, 2.24) is 0 Å². The van der Waals surface area contributed by atoms with E-state index < -0.39 is 11.8 Å². The van der Waals surface area contributed by atoms with E-state index in [0.717, 1.165) is 11.1 Å². The van der Waals surface area contributed by atoms with E-state index in [4.69, 9.17) is 9.84 Å². The molecule has 1 heterocycles. The molecule has 0 aliphatic carbocycles. The highest BCUT2D eigenvalue weighted by atomic mass is 16.5. The standard InChI is InChI=1S/C17H12O4/c18-15(17(19)20)14-8-4-7-13-12(9-10-21-16(13)14)11-5-2-1-3-6-11/h1-10,12H,(H,19,20). The van der Waals surface area contributed by atoms with Crippen LogP contribution >= 0.6 is 0 Å². The number of Topliss-reactive ketones (excluding diaryl/α,β-unsaturated/α-hetero) is 1. The molecule has 1 unspecified atom stereocenters. The van der Waals surface area contributed by atoms with Crippen molar-refractivity contribution in [2.24, 2.45) is 0 Å². The Balaban J connectivity index is 2.11. The Morgan fingerprint density at radius 2 is 1.76 bits per heavy atom. The molecule has 104 valence electrons. The van der Waals surface area contributed by atoms with Gasteiger partial charge in [0.15, 0.2) is 0 Å². The monoisotopic (exact) mass is 280 g/mol. The Morgan fingerprint density at radius 3 is 2.48 bits per heavy atom. The summed E-state index contributed by atoms with van der Waals surface area (Å²) in [6, 6.07) is 14.7. The third-order valence-electron chi connectivity index (χ3n) is 3.44. The average molecular weight is 280 g/mol. The summed E-state index contributed by atoms with van der Waals surface area (Å²) in [4.78, 5) is 22.7. The maximum absolute atomic E-state index is 11.8. The minimum atomic E-state index is -1.49. The summed E-state index contributed by atoms with van der Waals surface area (Å²) < 4.78 is 5.41. The molecule has 4 nitrogen and oxygen atoms in total. The van der Waals surface area contributed by atoms with Crippen LogP contribution < -0.4 is 4.74 Å². The number of carbonyl (C=O) groups excluding carboxylic acids is 1. The number of hydrogen-bond acceptors (Lipinski definition) is 3. The summed E-state index contributed by atoms with van der Waals surface area (Å²) >= 11 is 0. The second-order valence-electron chi connectivity index (χ2n) is 4.69. The molecule has 2 aromatic rings. The Kier molecular flexibility index (Phi) is 3.28. The van der Waals surface area contributed by atoms with Gasteiger partial charge >= 0.3 is 5.97 Å². The van der Waals surface area contributed by atoms with E-state index in [0.29, 0.717) is 5.75 Å². The van der Waals surface area contributed by atoms with E-state index in [1.165, 1.54) is 12.3 Å². The number of fused-ring (bicyclic) bond motifs is 1. The number of ketones is 1. The van der Waals surface area contributed by atoms with Crippen molar-refractivity contribution in [3.05, 3.63) is 77.6 Å². The quantitative estimate of drug-likeness (QED) is 0.693. The maximum atomic E-state index is 11.8. The molecule has 0 saturated carbocycles. The van der Waals surface area contributed by atoms with Crippen molar-refractivity contribution >= 4 is 11.8 Å². The van der Waals surface area contributed by atoms with E-state index in [9.17, 15) is 9.59 Å². The van der Waals surface area contributed by atoms with E-state index in [2.05, 4.69) is 0 Å². The van der Waals surface area contributed by atoms with Gasteiger partial charge in [-0.05, 0) is 17.7 Å². The number of carboxylic acids is 1. The molecule has 1 atom stereocenters. The Bertz CT molecular complexity index is 732. The van der Waals surface area contributed by atoms with Crippen LogP contribution in [0.15, 0.2) is 60.9 Å². The molecule has 0 spiro atoms. The summed E-state index contributed by atoms with van der Waals surface area (Å²) in [6.07, 6.45) is 3.38. The summed E-state index contributed by atoms with van der Waals surface area (Å²) in [5.41, 5.74) is 1.92. The number of aliphatic carboxylic acids is 1. The Hall–Kier alpha value is -2.88. The fourth-order valence-electron chi connectivity index (χ4n) is 2.47. The number of rotatable bonds is 3. The van der Waals surface area contributed by atoms with Crippen LogP contribution in [0.25, 0.3) is 0 Å². The van der Waals surface area contributed by atoms with E-state index in [1.807, 2.05) is 42.5 Å². The van der Waals surface area contributed by atoms with Crippen LogP contribution in [0.1, 0.15) is 27.4 Å². The normalized spacial score (nSPS) is 15.9. The maximum Gasteiger partial charge on any atom is 0.377 e. The molecule has 0 bridgehead atoms. The van der Waals surface area contributed by atoms with Crippen molar-refractivity contribution in [2.75, 3.05) is 0 Å². The van der Waals surface area contributed by atoms with E-state index in [-0.39, 0.29) is 11.5 Å². The zero-order valence-corrected chi connectivity index (χ0v) is 11.0. The molecule has 4 heteroatoms. The first-order valence-electron chi connectivity index (χ1n) is 6.47. The van der Waals surface area contributed by atoms with Crippen LogP contribution in [0.2, 0.25) is 0 Å². The highest BCUT2D eigenvalue weighted by Crippen LogP contribution is 2.38. The SMILES string of the molecule is O=C(O)C(=O)c1cccc2c1OC=CC2c1ccccc1. The van der Waals surface area contributed by atoms with Gasteiger partial charge < -0.3 is 9.84 Å². The lowest BCUT2D eigenvalue weighted by Crippen LogP contribution is -2.16. The second-order valence-corrected chi connectivity index (χ2v) is 4.69. The van der Waals surface area contributed by atoms with Crippen molar-refractivity contribution in [3.8, 4) is 5.75 Å². The largest absolute Gasteiger partial charge is 0.475 e. The van der Waals surface area contributed by atoms with Gasteiger partial charge in [-0.1, -0.05) is 42.5 Å². The van der Waals surface area contributed by atoms with E-state index in [1.54, 1.807) is 6.07 Å². The minimum absolute atomic E-state index is 0.0588. The molecule has 0 saturated heterocycles. The highest BCUT2D eigenvalue weighted by Gasteiger charge is 2.26. The predicted molar refractivity (Wildman–Crippen MR) is 76.5 cm³/mol. The van der Waals surface area contributed by atoms with Gasteiger partial charge in [0.05, 0.1) is 11.8 Å². The molecule has 2 aromatic carbocycles. The van der Waals surface area contributed by atoms with Gasteiger partial charge in [-0.15, -0.1) is 0 Å². The first kappa shape index (κ1) is 13.1. The number of benzene rings is 2. The van der Waals surface area contributed by atoms with Gasteiger partial charge in [-0.3, -0.25) is 4.79 Å². The molecule has 0 amide bonds. The lowest BCUT2D eigenvalue weighted by atomic mass is 9.88. The molecule has 1 N–H and O–H groups in total. The van der Waals surface area contributed by atoms with Crippen molar-refractivity contribution in [1.29, 1.82) is 0 Å². The van der Waals surface area contributed by atoms with E-state index >= 15 is 0 Å². The van der Waals surface area contributed by atoms with Gasteiger partial charge in [-0.25, -0.2) is 4.79 Å². The zero-order valence-electron chi connectivity index (χ0n) is 11.0. The summed E-state index contributed by atoms with van der Waals surface area (Å²) in [6.45, 7) is 0. The number of allylic oxidation sites excluding steroid dienone is 1. The molecule has 0 fully saturated rings. The molecule has 1 aliphatic heterocycles. The summed E-state index contributed by atoms with van der Waals surface area (Å²) in [5, 5.41) is 8.90. The van der Waals surface area contributed by atoms with Crippen LogP contribution in [0, 0.1) is 0 Å². The van der Waals surface area contributed by atoms with Crippen LogP contribution in [-0.4, -0.2) is 16.9 Å². The molecule has 3 rings (SSSR count). The average Bonchev–Trinajstić information content (AvgIpc) is 2.53. The van der Waals surface area contributed by atoms with Gasteiger partial charge in [0.1, 0.15) is 5.75 Å². The van der Waals surface area contributed by atoms with Crippen LogP contribution in [0.5, 0.6) is 5.75 Å². The number of carboxylic acid groups (broad SMARTS) is 1.